The number of furan rings is 1. The van der Waals surface area contributed by atoms with E-state index in [9.17, 15) is 0 Å². The van der Waals surface area contributed by atoms with E-state index in [0.29, 0.717) is 11.6 Å². The lowest BCUT2D eigenvalue weighted by molar-refractivity contribution is 0.577. The summed E-state index contributed by atoms with van der Waals surface area (Å²) in [6, 6.07) is 7.63. The quantitative estimate of drug-likeness (QED) is 0.718. The summed E-state index contributed by atoms with van der Waals surface area (Å²) in [5.74, 6) is 2.04. The molecule has 3 heterocycles. The van der Waals surface area contributed by atoms with E-state index in [-0.39, 0.29) is 0 Å². The normalized spacial score (nSPS) is 10.7. The molecule has 3 aromatic rings. The molecule has 0 radical (unpaired) electrons. The lowest BCUT2D eigenvalue weighted by Gasteiger charge is -1.85. The first kappa shape index (κ1) is 8.43. The Morgan fingerprint density at radius 1 is 1.27 bits per heavy atom. The number of nitrogens with zero attached hydrogens (tertiary/aromatic N) is 2. The van der Waals surface area contributed by atoms with Crippen molar-refractivity contribution < 1.29 is 4.42 Å². The first-order chi connectivity index (χ1) is 7.43. The van der Waals surface area contributed by atoms with Crippen molar-refractivity contribution in [2.75, 3.05) is 0 Å². The molecule has 15 heavy (non-hydrogen) atoms. The lowest BCUT2D eigenvalue weighted by Crippen LogP contribution is -1.75. The Kier molecular flexibility index (Phi) is 1.89. The van der Waals surface area contributed by atoms with E-state index in [4.69, 9.17) is 4.42 Å². The van der Waals surface area contributed by atoms with E-state index in [1.54, 1.807) is 17.6 Å². The van der Waals surface area contributed by atoms with E-state index in [1.807, 2.05) is 29.6 Å². The fourth-order valence-corrected chi connectivity index (χ4v) is 1.97. The van der Waals surface area contributed by atoms with E-state index < -0.39 is 0 Å². The molecule has 0 aliphatic heterocycles. The standard InChI is InChI=1S/C10H7N3OS/c1-3-7(14-5-1)9-11-10(13-12-9)8-4-2-6-15-8/h1-6H,(H,11,12,13). The maximum Gasteiger partial charge on any atom is 0.217 e. The molecule has 3 aromatic heterocycles. The number of H-pyrrole nitrogens is 1. The van der Waals surface area contributed by atoms with Crippen LogP contribution in [0.4, 0.5) is 0 Å². The zero-order chi connectivity index (χ0) is 10.1. The molecular formula is C10H7N3OS. The molecule has 0 unspecified atom stereocenters. The van der Waals surface area contributed by atoms with Gasteiger partial charge in [-0.25, -0.2) is 4.98 Å². The third-order valence-electron chi connectivity index (χ3n) is 1.98. The van der Waals surface area contributed by atoms with Gasteiger partial charge < -0.3 is 4.42 Å². The van der Waals surface area contributed by atoms with E-state index in [1.165, 1.54) is 0 Å². The van der Waals surface area contributed by atoms with Gasteiger partial charge in [0.25, 0.3) is 0 Å². The smallest absolute Gasteiger partial charge is 0.217 e. The van der Waals surface area contributed by atoms with Gasteiger partial charge in [-0.05, 0) is 23.6 Å². The minimum atomic E-state index is 0.586. The van der Waals surface area contributed by atoms with Crippen LogP contribution in [0, 0.1) is 0 Å². The molecule has 3 rings (SSSR count). The summed E-state index contributed by atoms with van der Waals surface area (Å²) >= 11 is 1.62. The van der Waals surface area contributed by atoms with E-state index in [2.05, 4.69) is 15.2 Å². The summed E-state index contributed by atoms with van der Waals surface area (Å²) in [4.78, 5) is 5.41. The molecule has 5 heteroatoms. The first-order valence-electron chi connectivity index (χ1n) is 4.43. The van der Waals surface area contributed by atoms with Crippen molar-refractivity contribution in [1.29, 1.82) is 0 Å². The number of aromatic nitrogens is 3. The molecule has 1 N–H and O–H groups in total. The van der Waals surface area contributed by atoms with Gasteiger partial charge in [0.1, 0.15) is 0 Å². The van der Waals surface area contributed by atoms with Crippen LogP contribution in [0.25, 0.3) is 22.3 Å². The number of hydrogen-bond acceptors (Lipinski definition) is 4. The second-order valence-corrected chi connectivity index (χ2v) is 3.91. The fourth-order valence-electron chi connectivity index (χ4n) is 1.30. The minimum Gasteiger partial charge on any atom is -0.461 e. The Balaban J connectivity index is 2.02. The average molecular weight is 217 g/mol. The van der Waals surface area contributed by atoms with Gasteiger partial charge in [0.05, 0.1) is 11.1 Å². The topological polar surface area (TPSA) is 54.7 Å². The summed E-state index contributed by atoms with van der Waals surface area (Å²) in [7, 11) is 0. The van der Waals surface area contributed by atoms with E-state index >= 15 is 0 Å². The maximum atomic E-state index is 5.21. The van der Waals surface area contributed by atoms with Gasteiger partial charge in [-0.2, -0.15) is 0 Å². The number of thiophene rings is 1. The summed E-state index contributed by atoms with van der Waals surface area (Å²) in [6.45, 7) is 0. The number of hydrogen-bond donors (Lipinski definition) is 1. The first-order valence-corrected chi connectivity index (χ1v) is 5.31. The predicted molar refractivity (Wildman–Crippen MR) is 57.4 cm³/mol. The largest absolute Gasteiger partial charge is 0.461 e. The van der Waals surface area contributed by atoms with Crippen LogP contribution in [0.2, 0.25) is 0 Å². The highest BCUT2D eigenvalue weighted by molar-refractivity contribution is 7.13. The molecule has 0 spiro atoms. The van der Waals surface area contributed by atoms with Gasteiger partial charge >= 0.3 is 0 Å². The molecule has 0 bridgehead atoms. The third-order valence-corrected chi connectivity index (χ3v) is 2.86. The summed E-state index contributed by atoms with van der Waals surface area (Å²) in [5.41, 5.74) is 0. The molecule has 0 aromatic carbocycles. The molecule has 0 saturated carbocycles. The highest BCUT2D eigenvalue weighted by atomic mass is 32.1. The molecule has 0 atom stereocenters. The van der Waals surface area contributed by atoms with Crippen molar-refractivity contribution in [2.45, 2.75) is 0 Å². The van der Waals surface area contributed by atoms with Gasteiger partial charge in [-0.1, -0.05) is 6.07 Å². The predicted octanol–water partition coefficient (Wildman–Crippen LogP) is 2.79. The zero-order valence-corrected chi connectivity index (χ0v) is 8.49. The Hall–Kier alpha value is -1.88. The minimum absolute atomic E-state index is 0.586. The Labute approximate surface area is 89.6 Å². The van der Waals surface area contributed by atoms with Crippen LogP contribution in [0.5, 0.6) is 0 Å². The summed E-state index contributed by atoms with van der Waals surface area (Å²) in [5, 5.41) is 8.98. The Morgan fingerprint density at radius 2 is 2.27 bits per heavy atom. The molecule has 0 fully saturated rings. The fraction of sp³-hybridized carbons (Fsp3) is 0. The molecule has 0 saturated heterocycles. The Bertz CT molecular complexity index is 490. The van der Waals surface area contributed by atoms with Crippen LogP contribution >= 0.6 is 11.3 Å². The molecular weight excluding hydrogens is 210 g/mol. The van der Waals surface area contributed by atoms with Crippen molar-refractivity contribution >= 4 is 11.3 Å². The van der Waals surface area contributed by atoms with Crippen LogP contribution in [0.3, 0.4) is 0 Å². The average Bonchev–Trinajstić information content (AvgIpc) is 3.02. The lowest BCUT2D eigenvalue weighted by atomic mass is 10.4. The maximum absolute atomic E-state index is 5.21. The van der Waals surface area contributed by atoms with Crippen LogP contribution in [0.15, 0.2) is 40.3 Å². The highest BCUT2D eigenvalue weighted by Crippen LogP contribution is 2.23. The second kappa shape index (κ2) is 3.36. The van der Waals surface area contributed by atoms with Crippen LogP contribution in [-0.2, 0) is 0 Å². The molecule has 0 aliphatic rings. The Morgan fingerprint density at radius 3 is 3.00 bits per heavy atom. The molecule has 0 amide bonds. The molecule has 74 valence electrons. The highest BCUT2D eigenvalue weighted by Gasteiger charge is 2.09. The number of rotatable bonds is 2. The van der Waals surface area contributed by atoms with Crippen molar-refractivity contribution in [1.82, 2.24) is 15.2 Å². The molecule has 0 aliphatic carbocycles. The van der Waals surface area contributed by atoms with Gasteiger partial charge in [0.15, 0.2) is 11.6 Å². The van der Waals surface area contributed by atoms with Gasteiger partial charge in [-0.15, -0.1) is 16.4 Å². The van der Waals surface area contributed by atoms with Crippen molar-refractivity contribution in [3.63, 3.8) is 0 Å². The number of aromatic amines is 1. The van der Waals surface area contributed by atoms with E-state index in [0.717, 1.165) is 10.7 Å². The van der Waals surface area contributed by atoms with Crippen molar-refractivity contribution in [2.24, 2.45) is 0 Å². The summed E-state index contributed by atoms with van der Waals surface area (Å²) < 4.78 is 5.21. The van der Waals surface area contributed by atoms with Crippen LogP contribution in [-0.4, -0.2) is 15.2 Å². The SMILES string of the molecule is c1coc(-c2n[nH]c(-c3cccs3)n2)c1. The van der Waals surface area contributed by atoms with Gasteiger partial charge in [-0.3, -0.25) is 5.10 Å². The summed E-state index contributed by atoms with van der Waals surface area (Å²) in [6.07, 6.45) is 1.61. The number of nitrogens with one attached hydrogen (secondary N) is 1. The van der Waals surface area contributed by atoms with Crippen molar-refractivity contribution in [3.05, 3.63) is 35.9 Å². The van der Waals surface area contributed by atoms with Gasteiger partial charge in [0.2, 0.25) is 5.82 Å². The van der Waals surface area contributed by atoms with Gasteiger partial charge in [0, 0.05) is 0 Å². The third kappa shape index (κ3) is 1.46. The van der Waals surface area contributed by atoms with Crippen LogP contribution < -0.4 is 0 Å². The van der Waals surface area contributed by atoms with Crippen LogP contribution in [0.1, 0.15) is 0 Å². The van der Waals surface area contributed by atoms with Crippen molar-refractivity contribution in [3.8, 4) is 22.3 Å². The monoisotopic (exact) mass is 217 g/mol. The second-order valence-electron chi connectivity index (χ2n) is 2.96. The zero-order valence-electron chi connectivity index (χ0n) is 7.68. The molecule has 4 nitrogen and oxygen atoms in total.